The van der Waals surface area contributed by atoms with E-state index in [1.165, 1.54) is 82.7 Å². The molecule has 0 spiro atoms. The van der Waals surface area contributed by atoms with Gasteiger partial charge in [0.05, 0.1) is 11.1 Å². The molecule has 10 aromatic rings. The first-order chi connectivity index (χ1) is 29.2. The molecule has 0 amide bonds. The van der Waals surface area contributed by atoms with Crippen molar-refractivity contribution in [2.24, 2.45) is 0 Å². The number of hydrogen-bond acceptors (Lipinski definition) is 1. The Morgan fingerprint density at radius 3 is 1.54 bits per heavy atom. The topological polar surface area (TPSA) is 3.24 Å². The highest BCUT2D eigenvalue weighted by Crippen LogP contribution is 2.58. The van der Waals surface area contributed by atoms with Gasteiger partial charge in [0.25, 0.3) is 0 Å². The molecular weight excluding hydrogens is 711 g/mol. The van der Waals surface area contributed by atoms with E-state index in [0.29, 0.717) is 0 Å². The Morgan fingerprint density at radius 1 is 0.356 bits per heavy atom. The largest absolute Gasteiger partial charge is 0.310 e. The molecule has 0 radical (unpaired) electrons. The molecule has 1 aliphatic rings. The van der Waals surface area contributed by atoms with E-state index in [9.17, 15) is 0 Å². The van der Waals surface area contributed by atoms with E-state index < -0.39 is 5.41 Å². The molecule has 278 valence electrons. The highest BCUT2D eigenvalue weighted by molar-refractivity contribution is 6.01. The molecule has 0 bridgehead atoms. The van der Waals surface area contributed by atoms with Crippen molar-refractivity contribution in [3.05, 3.63) is 258 Å². The van der Waals surface area contributed by atoms with Crippen molar-refractivity contribution in [2.45, 2.75) is 12.3 Å². The molecule has 1 aliphatic carbocycles. The first-order valence-corrected chi connectivity index (χ1v) is 20.5. The number of anilines is 3. The van der Waals surface area contributed by atoms with Gasteiger partial charge in [0.2, 0.25) is 0 Å². The van der Waals surface area contributed by atoms with Gasteiger partial charge < -0.3 is 4.90 Å². The monoisotopic (exact) mass is 751 g/mol. The second-order valence-electron chi connectivity index (χ2n) is 15.7. The van der Waals surface area contributed by atoms with Crippen LogP contribution in [0.15, 0.2) is 231 Å². The van der Waals surface area contributed by atoms with Gasteiger partial charge in [0.1, 0.15) is 0 Å². The van der Waals surface area contributed by atoms with Crippen LogP contribution < -0.4 is 4.90 Å². The van der Waals surface area contributed by atoms with Crippen LogP contribution in [0.5, 0.6) is 0 Å². The molecule has 59 heavy (non-hydrogen) atoms. The van der Waals surface area contributed by atoms with Crippen LogP contribution in [-0.4, -0.2) is 0 Å². The van der Waals surface area contributed by atoms with E-state index in [2.05, 4.69) is 242 Å². The highest BCUT2D eigenvalue weighted by Gasteiger charge is 2.46. The Morgan fingerprint density at radius 2 is 0.881 bits per heavy atom. The quantitative estimate of drug-likeness (QED) is 0.157. The molecule has 0 unspecified atom stereocenters. The fraction of sp³-hybridized carbons (Fsp3) is 0.0345. The van der Waals surface area contributed by atoms with Crippen molar-refractivity contribution in [1.29, 1.82) is 0 Å². The molecule has 0 fully saturated rings. The molecule has 0 N–H and O–H groups in total. The lowest BCUT2D eigenvalue weighted by molar-refractivity contribution is 0.768. The Hall–Kier alpha value is -7.48. The standard InChI is InChI=1S/C58H41N/c1-40-17-15-29-54-57(40)51-36-35-49(39-55(51)58(54,46-24-7-3-8-25-46)47-26-9-4-10-27-47)59(56-30-16-23-41-20-13-14-28-50(41)56)48-33-31-43(32-34-48)53-38-45-22-12-11-21-44(45)37-52(53)42-18-5-2-6-19-42/h2-39H,1H3. The summed E-state index contributed by atoms with van der Waals surface area (Å²) < 4.78 is 0. The minimum atomic E-state index is -0.507. The predicted octanol–water partition coefficient (Wildman–Crippen LogP) is 15.5. The van der Waals surface area contributed by atoms with Crippen molar-refractivity contribution < 1.29 is 0 Å². The van der Waals surface area contributed by atoms with Gasteiger partial charge in [-0.1, -0.05) is 188 Å². The lowest BCUT2D eigenvalue weighted by atomic mass is 9.67. The summed E-state index contributed by atoms with van der Waals surface area (Å²) in [6.45, 7) is 2.26. The van der Waals surface area contributed by atoms with E-state index in [1.54, 1.807) is 0 Å². The second kappa shape index (κ2) is 14.2. The molecule has 0 saturated heterocycles. The minimum absolute atomic E-state index is 0.507. The number of benzene rings is 10. The van der Waals surface area contributed by atoms with Crippen LogP contribution in [0.3, 0.4) is 0 Å². The van der Waals surface area contributed by atoms with Gasteiger partial charge in [0, 0.05) is 16.8 Å². The number of aryl methyl sites for hydroxylation is 1. The number of fused-ring (bicyclic) bond motifs is 5. The first-order valence-electron chi connectivity index (χ1n) is 20.5. The summed E-state index contributed by atoms with van der Waals surface area (Å²) in [7, 11) is 0. The van der Waals surface area contributed by atoms with Gasteiger partial charge in [-0.3, -0.25) is 0 Å². The van der Waals surface area contributed by atoms with Crippen molar-refractivity contribution in [3.63, 3.8) is 0 Å². The SMILES string of the molecule is Cc1cccc2c1-c1ccc(N(c3ccc(-c4cc5ccccc5cc4-c4ccccc4)cc3)c3cccc4ccccc34)cc1C2(c1ccccc1)c1ccccc1. The van der Waals surface area contributed by atoms with Gasteiger partial charge in [-0.2, -0.15) is 0 Å². The van der Waals surface area contributed by atoms with Gasteiger partial charge in [-0.15, -0.1) is 0 Å². The van der Waals surface area contributed by atoms with E-state index in [1.807, 2.05) is 0 Å². The van der Waals surface area contributed by atoms with Crippen molar-refractivity contribution in [1.82, 2.24) is 0 Å². The van der Waals surface area contributed by atoms with Crippen LogP contribution >= 0.6 is 0 Å². The molecule has 0 saturated carbocycles. The fourth-order valence-electron chi connectivity index (χ4n) is 9.80. The second-order valence-corrected chi connectivity index (χ2v) is 15.7. The average molecular weight is 752 g/mol. The summed E-state index contributed by atoms with van der Waals surface area (Å²) in [4.78, 5) is 2.46. The zero-order chi connectivity index (χ0) is 39.3. The van der Waals surface area contributed by atoms with E-state index >= 15 is 0 Å². The van der Waals surface area contributed by atoms with Gasteiger partial charge >= 0.3 is 0 Å². The Balaban J connectivity index is 1.14. The van der Waals surface area contributed by atoms with Crippen LogP contribution in [0.2, 0.25) is 0 Å². The molecule has 0 aliphatic heterocycles. The van der Waals surface area contributed by atoms with Gasteiger partial charge in [-0.25, -0.2) is 0 Å². The molecule has 0 aromatic heterocycles. The third-order valence-corrected chi connectivity index (χ3v) is 12.4. The van der Waals surface area contributed by atoms with E-state index in [-0.39, 0.29) is 0 Å². The molecule has 1 nitrogen and oxygen atoms in total. The van der Waals surface area contributed by atoms with Crippen LogP contribution in [-0.2, 0) is 5.41 Å². The van der Waals surface area contributed by atoms with Crippen molar-refractivity contribution in [2.75, 3.05) is 4.90 Å². The van der Waals surface area contributed by atoms with E-state index in [0.717, 1.165) is 17.1 Å². The third kappa shape index (κ3) is 5.62. The Labute approximate surface area is 346 Å². The maximum Gasteiger partial charge on any atom is 0.0714 e. The maximum absolute atomic E-state index is 2.47. The smallest absolute Gasteiger partial charge is 0.0714 e. The highest BCUT2D eigenvalue weighted by atomic mass is 15.1. The van der Waals surface area contributed by atoms with Crippen LogP contribution in [0.25, 0.3) is 54.9 Å². The van der Waals surface area contributed by atoms with Crippen LogP contribution in [0.4, 0.5) is 17.1 Å². The molecule has 1 heteroatoms. The number of nitrogens with zero attached hydrogens (tertiary/aromatic N) is 1. The summed E-state index contributed by atoms with van der Waals surface area (Å²) in [6, 6.07) is 84.9. The van der Waals surface area contributed by atoms with Crippen molar-refractivity contribution >= 4 is 38.6 Å². The maximum atomic E-state index is 2.47. The summed E-state index contributed by atoms with van der Waals surface area (Å²) in [5.41, 5.74) is 16.7. The Kier molecular flexibility index (Phi) is 8.34. The molecular formula is C58H41N. The minimum Gasteiger partial charge on any atom is -0.310 e. The molecule has 0 heterocycles. The van der Waals surface area contributed by atoms with Crippen LogP contribution in [0.1, 0.15) is 27.8 Å². The average Bonchev–Trinajstić information content (AvgIpc) is 3.61. The molecule has 10 aromatic carbocycles. The number of rotatable bonds is 7. The zero-order valence-corrected chi connectivity index (χ0v) is 32.9. The third-order valence-electron chi connectivity index (χ3n) is 12.4. The van der Waals surface area contributed by atoms with Gasteiger partial charge in [0.15, 0.2) is 0 Å². The predicted molar refractivity (Wildman–Crippen MR) is 249 cm³/mol. The molecule has 11 rings (SSSR count). The molecule has 0 atom stereocenters. The summed E-state index contributed by atoms with van der Waals surface area (Å²) in [5, 5.41) is 4.89. The number of hydrogen-bond donors (Lipinski definition) is 0. The summed E-state index contributed by atoms with van der Waals surface area (Å²) in [5.74, 6) is 0. The van der Waals surface area contributed by atoms with Crippen molar-refractivity contribution in [3.8, 4) is 33.4 Å². The normalized spacial score (nSPS) is 12.6. The first kappa shape index (κ1) is 34.7. The Bertz CT molecular complexity index is 3100. The summed E-state index contributed by atoms with van der Waals surface area (Å²) >= 11 is 0. The zero-order valence-electron chi connectivity index (χ0n) is 32.9. The lowest BCUT2D eigenvalue weighted by Crippen LogP contribution is -2.28. The van der Waals surface area contributed by atoms with Gasteiger partial charge in [-0.05, 0) is 127 Å². The van der Waals surface area contributed by atoms with Crippen LogP contribution in [0, 0.1) is 6.92 Å². The lowest BCUT2D eigenvalue weighted by Gasteiger charge is -2.35. The summed E-state index contributed by atoms with van der Waals surface area (Å²) in [6.07, 6.45) is 0. The van der Waals surface area contributed by atoms with E-state index in [4.69, 9.17) is 0 Å². The fourth-order valence-corrected chi connectivity index (χ4v) is 9.80.